The zero-order valence-corrected chi connectivity index (χ0v) is 16.9. The van der Waals surface area contributed by atoms with Gasteiger partial charge >= 0.3 is 0 Å². The van der Waals surface area contributed by atoms with Crippen LogP contribution < -0.4 is 15.5 Å². The molecule has 0 aliphatic carbocycles. The second kappa shape index (κ2) is 9.54. The van der Waals surface area contributed by atoms with E-state index >= 15 is 0 Å². The first-order valence-electron chi connectivity index (χ1n) is 9.21. The van der Waals surface area contributed by atoms with Crippen molar-refractivity contribution in [2.24, 2.45) is 0 Å². The van der Waals surface area contributed by atoms with E-state index in [1.54, 1.807) is 0 Å². The van der Waals surface area contributed by atoms with Gasteiger partial charge in [0.25, 0.3) is 0 Å². The highest BCUT2D eigenvalue weighted by Crippen LogP contribution is 2.23. The molecular formula is C20H27ClN6. The Hall–Kier alpha value is -2.36. The number of aryl methyl sites for hydroxylation is 2. The molecule has 1 aliphatic rings. The van der Waals surface area contributed by atoms with Crippen molar-refractivity contribution in [3.8, 4) is 6.07 Å². The van der Waals surface area contributed by atoms with Gasteiger partial charge in [-0.3, -0.25) is 0 Å². The van der Waals surface area contributed by atoms with E-state index in [0.29, 0.717) is 17.6 Å². The largest absolute Gasteiger partial charge is 0.355 e. The molecule has 1 aromatic heterocycles. The third-order valence-electron chi connectivity index (χ3n) is 4.81. The zero-order chi connectivity index (χ0) is 18.5. The van der Waals surface area contributed by atoms with Crippen LogP contribution in [-0.2, 0) is 6.42 Å². The molecule has 1 unspecified atom stereocenters. The Labute approximate surface area is 167 Å². The lowest BCUT2D eigenvalue weighted by atomic mass is 10.1. The van der Waals surface area contributed by atoms with Gasteiger partial charge in [0.05, 0.1) is 11.6 Å². The summed E-state index contributed by atoms with van der Waals surface area (Å²) in [4.78, 5) is 11.7. The van der Waals surface area contributed by atoms with Crippen molar-refractivity contribution in [2.45, 2.75) is 39.2 Å². The van der Waals surface area contributed by atoms with Crippen LogP contribution in [0.3, 0.4) is 0 Å². The summed E-state index contributed by atoms with van der Waals surface area (Å²) in [7, 11) is 2.01. The molecule has 0 spiro atoms. The van der Waals surface area contributed by atoms with Gasteiger partial charge in [-0.25, -0.2) is 4.98 Å². The topological polar surface area (TPSA) is 76.9 Å². The molecule has 2 aromatic rings. The Morgan fingerprint density at radius 3 is 2.78 bits per heavy atom. The minimum atomic E-state index is 0. The van der Waals surface area contributed by atoms with Gasteiger partial charge < -0.3 is 15.5 Å². The normalized spacial score (nSPS) is 15.9. The third kappa shape index (κ3) is 5.09. The summed E-state index contributed by atoms with van der Waals surface area (Å²) >= 11 is 0. The average molecular weight is 387 g/mol. The Morgan fingerprint density at radius 2 is 2.11 bits per heavy atom. The summed E-state index contributed by atoms with van der Waals surface area (Å²) in [6.45, 7) is 6.05. The van der Waals surface area contributed by atoms with Crippen LogP contribution in [-0.4, -0.2) is 36.1 Å². The van der Waals surface area contributed by atoms with E-state index in [4.69, 9.17) is 4.98 Å². The highest BCUT2D eigenvalue weighted by Gasteiger charge is 2.23. The van der Waals surface area contributed by atoms with E-state index in [1.807, 2.05) is 32.2 Å². The second-order valence-corrected chi connectivity index (χ2v) is 6.78. The van der Waals surface area contributed by atoms with Crippen LogP contribution in [0.5, 0.6) is 0 Å². The molecular weight excluding hydrogens is 360 g/mol. The summed E-state index contributed by atoms with van der Waals surface area (Å²) in [6, 6.07) is 10.6. The molecule has 7 heteroatoms. The highest BCUT2D eigenvalue weighted by atomic mass is 35.5. The summed E-state index contributed by atoms with van der Waals surface area (Å²) in [5.41, 5.74) is 3.51. The maximum Gasteiger partial charge on any atom is 0.229 e. The number of hydrogen-bond acceptors (Lipinski definition) is 6. The lowest BCUT2D eigenvalue weighted by Crippen LogP contribution is -2.30. The minimum absolute atomic E-state index is 0. The molecule has 2 N–H and O–H groups in total. The first-order valence-corrected chi connectivity index (χ1v) is 9.21. The second-order valence-electron chi connectivity index (χ2n) is 6.78. The molecule has 2 heterocycles. The van der Waals surface area contributed by atoms with Gasteiger partial charge in [-0.1, -0.05) is 19.4 Å². The number of halogens is 1. The number of benzene rings is 1. The van der Waals surface area contributed by atoms with Gasteiger partial charge in [0.15, 0.2) is 0 Å². The molecule has 1 fully saturated rings. The number of aromatic nitrogens is 2. The summed E-state index contributed by atoms with van der Waals surface area (Å²) in [5.74, 6) is 1.56. The van der Waals surface area contributed by atoms with Crippen molar-refractivity contribution >= 4 is 29.9 Å². The van der Waals surface area contributed by atoms with Crippen LogP contribution in [0, 0.1) is 18.3 Å². The minimum Gasteiger partial charge on any atom is -0.355 e. The SMILES string of the molecule is CCCc1cc(N2CCC(NC)C2)nc(Nc2ccc(C)c(C#N)c2)n1.Cl. The van der Waals surface area contributed by atoms with Crippen LogP contribution >= 0.6 is 12.4 Å². The van der Waals surface area contributed by atoms with Crippen molar-refractivity contribution in [1.82, 2.24) is 15.3 Å². The van der Waals surface area contributed by atoms with E-state index in [1.165, 1.54) is 0 Å². The average Bonchev–Trinajstić information content (AvgIpc) is 3.13. The van der Waals surface area contributed by atoms with E-state index < -0.39 is 0 Å². The standard InChI is InChI=1S/C20H26N6.ClH/c1-4-5-16-11-19(26-9-8-18(13-26)22-3)25-20(23-16)24-17-7-6-14(2)15(10-17)12-21;/h6-7,10-11,18,22H,4-5,8-9,13H2,1-3H3,(H,23,24,25);1H. The van der Waals surface area contributed by atoms with Crippen LogP contribution in [0.15, 0.2) is 24.3 Å². The Kier molecular flexibility index (Phi) is 7.40. The number of nitrogens with zero attached hydrogens (tertiary/aromatic N) is 4. The lowest BCUT2D eigenvalue weighted by Gasteiger charge is -2.19. The molecule has 0 radical (unpaired) electrons. The predicted molar refractivity (Wildman–Crippen MR) is 112 cm³/mol. The molecule has 1 aliphatic heterocycles. The summed E-state index contributed by atoms with van der Waals surface area (Å²) in [5, 5.41) is 15.9. The maximum absolute atomic E-state index is 9.24. The Balaban J connectivity index is 0.00000261. The van der Waals surface area contributed by atoms with Gasteiger partial charge in [-0.15, -0.1) is 12.4 Å². The molecule has 6 nitrogen and oxygen atoms in total. The first kappa shape index (κ1) is 20.9. The fourth-order valence-electron chi connectivity index (χ4n) is 3.24. The molecule has 0 amide bonds. The van der Waals surface area contributed by atoms with Crippen molar-refractivity contribution in [2.75, 3.05) is 30.4 Å². The van der Waals surface area contributed by atoms with E-state index in [-0.39, 0.29) is 12.4 Å². The van der Waals surface area contributed by atoms with Crippen molar-refractivity contribution in [3.05, 3.63) is 41.1 Å². The van der Waals surface area contributed by atoms with Crippen molar-refractivity contribution in [1.29, 1.82) is 5.26 Å². The van der Waals surface area contributed by atoms with Crippen LogP contribution in [0.2, 0.25) is 0 Å². The lowest BCUT2D eigenvalue weighted by molar-refractivity contribution is 0.616. The van der Waals surface area contributed by atoms with E-state index in [2.05, 4.69) is 39.6 Å². The molecule has 1 aromatic carbocycles. The number of hydrogen-bond donors (Lipinski definition) is 2. The van der Waals surface area contributed by atoms with Crippen LogP contribution in [0.1, 0.15) is 36.6 Å². The predicted octanol–water partition coefficient (Wildman–Crippen LogP) is 3.57. The van der Waals surface area contributed by atoms with Crippen LogP contribution in [0.4, 0.5) is 17.5 Å². The van der Waals surface area contributed by atoms with Gasteiger partial charge in [-0.2, -0.15) is 10.2 Å². The quantitative estimate of drug-likeness (QED) is 0.790. The van der Waals surface area contributed by atoms with Crippen LogP contribution in [0.25, 0.3) is 0 Å². The van der Waals surface area contributed by atoms with Gasteiger partial charge in [0.1, 0.15) is 5.82 Å². The van der Waals surface area contributed by atoms with Gasteiger partial charge in [0.2, 0.25) is 5.95 Å². The third-order valence-corrected chi connectivity index (χ3v) is 4.81. The van der Waals surface area contributed by atoms with Gasteiger partial charge in [-0.05, 0) is 44.5 Å². The fourth-order valence-corrected chi connectivity index (χ4v) is 3.24. The zero-order valence-electron chi connectivity index (χ0n) is 16.1. The first-order chi connectivity index (χ1) is 12.6. The Bertz CT molecular complexity index is 817. The van der Waals surface area contributed by atoms with E-state index in [0.717, 1.165) is 55.1 Å². The smallest absolute Gasteiger partial charge is 0.229 e. The number of nitrogens with one attached hydrogen (secondary N) is 2. The van der Waals surface area contributed by atoms with Crippen molar-refractivity contribution < 1.29 is 0 Å². The molecule has 1 atom stereocenters. The number of likely N-dealkylation sites (N-methyl/N-ethyl adjacent to an activating group) is 1. The number of rotatable bonds is 6. The maximum atomic E-state index is 9.24. The van der Waals surface area contributed by atoms with Gasteiger partial charge in [0, 0.05) is 36.6 Å². The summed E-state index contributed by atoms with van der Waals surface area (Å²) < 4.78 is 0. The molecule has 144 valence electrons. The molecule has 27 heavy (non-hydrogen) atoms. The fraction of sp³-hybridized carbons (Fsp3) is 0.450. The molecule has 0 saturated carbocycles. The molecule has 0 bridgehead atoms. The van der Waals surface area contributed by atoms with Crippen molar-refractivity contribution in [3.63, 3.8) is 0 Å². The monoisotopic (exact) mass is 386 g/mol. The molecule has 3 rings (SSSR count). The highest BCUT2D eigenvalue weighted by molar-refractivity contribution is 5.85. The van der Waals surface area contributed by atoms with E-state index in [9.17, 15) is 5.26 Å². The molecule has 1 saturated heterocycles. The number of anilines is 3. The Morgan fingerprint density at radius 1 is 1.30 bits per heavy atom. The summed E-state index contributed by atoms with van der Waals surface area (Å²) in [6.07, 6.45) is 3.08. The number of nitriles is 1.